The quantitative estimate of drug-likeness (QED) is 0.244. The Labute approximate surface area is 200 Å². The first kappa shape index (κ1) is 22.1. The molecular weight excluding hydrogens is 467 g/mol. The number of ether oxygens (including phenoxy) is 2. The summed E-state index contributed by atoms with van der Waals surface area (Å²) in [6, 6.07) is 20.6. The molecule has 0 fully saturated rings. The van der Waals surface area contributed by atoms with Crippen LogP contribution in [0.3, 0.4) is 0 Å². The first-order chi connectivity index (χ1) is 15.6. The highest BCUT2D eigenvalue weighted by molar-refractivity contribution is 7.71. The molecule has 0 saturated heterocycles. The molecule has 4 aromatic rings. The van der Waals surface area contributed by atoms with Gasteiger partial charge in [-0.1, -0.05) is 71.7 Å². The summed E-state index contributed by atoms with van der Waals surface area (Å²) >= 11 is 18.0. The molecule has 0 atom stereocenters. The Kier molecular flexibility index (Phi) is 6.90. The van der Waals surface area contributed by atoms with Crippen molar-refractivity contribution in [3.05, 3.63) is 92.7 Å². The van der Waals surface area contributed by atoms with E-state index >= 15 is 0 Å². The second-order valence-corrected chi connectivity index (χ2v) is 7.89. The fourth-order valence-corrected chi connectivity index (χ4v) is 3.66. The molecule has 1 heterocycles. The molecule has 1 N–H and O–H groups in total. The molecule has 6 nitrogen and oxygen atoms in total. The molecule has 0 spiro atoms. The van der Waals surface area contributed by atoms with Crippen LogP contribution in [0.15, 0.2) is 71.8 Å². The summed E-state index contributed by atoms with van der Waals surface area (Å²) in [6.45, 7) is 0.258. The smallest absolute Gasteiger partial charge is 0.216 e. The van der Waals surface area contributed by atoms with Crippen molar-refractivity contribution in [2.24, 2.45) is 5.10 Å². The van der Waals surface area contributed by atoms with Crippen molar-refractivity contribution in [3.63, 3.8) is 0 Å². The summed E-state index contributed by atoms with van der Waals surface area (Å²) in [4.78, 5) is 0. The Bertz CT molecular complexity index is 1320. The van der Waals surface area contributed by atoms with Gasteiger partial charge < -0.3 is 9.47 Å². The molecule has 3 aromatic carbocycles. The highest BCUT2D eigenvalue weighted by Gasteiger charge is 2.13. The monoisotopic (exact) mass is 484 g/mol. The topological polar surface area (TPSA) is 64.4 Å². The molecule has 0 aliphatic carbocycles. The van der Waals surface area contributed by atoms with Crippen molar-refractivity contribution >= 4 is 41.6 Å². The minimum absolute atomic E-state index is 0.258. The summed E-state index contributed by atoms with van der Waals surface area (Å²) in [5, 5.41) is 12.5. The fourth-order valence-electron chi connectivity index (χ4n) is 3.02. The van der Waals surface area contributed by atoms with Crippen LogP contribution in [0, 0.1) is 4.77 Å². The third kappa shape index (κ3) is 4.85. The maximum Gasteiger partial charge on any atom is 0.216 e. The van der Waals surface area contributed by atoms with Gasteiger partial charge in [0.05, 0.1) is 18.3 Å². The molecule has 0 unspecified atom stereocenters. The van der Waals surface area contributed by atoms with Crippen LogP contribution in [-0.2, 0) is 6.61 Å². The molecule has 0 aliphatic heterocycles. The van der Waals surface area contributed by atoms with Crippen LogP contribution in [0.25, 0.3) is 11.4 Å². The van der Waals surface area contributed by atoms with Crippen molar-refractivity contribution in [2.75, 3.05) is 7.11 Å². The van der Waals surface area contributed by atoms with Gasteiger partial charge in [0.25, 0.3) is 0 Å². The van der Waals surface area contributed by atoms with Crippen LogP contribution in [0.4, 0.5) is 0 Å². The zero-order valence-electron chi connectivity index (χ0n) is 17.0. The number of nitrogens with one attached hydrogen (secondary N) is 1. The number of hydrogen-bond acceptors (Lipinski definition) is 5. The highest BCUT2D eigenvalue weighted by atomic mass is 35.5. The zero-order valence-corrected chi connectivity index (χ0v) is 19.3. The summed E-state index contributed by atoms with van der Waals surface area (Å²) in [6.07, 6.45) is 1.63. The van der Waals surface area contributed by atoms with E-state index in [0.29, 0.717) is 37.7 Å². The fraction of sp³-hybridized carbons (Fsp3) is 0.0870. The Hall–Kier alpha value is -3.13. The van der Waals surface area contributed by atoms with Crippen molar-refractivity contribution in [1.29, 1.82) is 0 Å². The predicted octanol–water partition coefficient (Wildman–Crippen LogP) is 6.38. The molecule has 9 heteroatoms. The molecule has 0 bridgehead atoms. The predicted molar refractivity (Wildman–Crippen MR) is 130 cm³/mol. The van der Waals surface area contributed by atoms with Gasteiger partial charge in [-0.05, 0) is 36.0 Å². The molecule has 1 aromatic heterocycles. The van der Waals surface area contributed by atoms with E-state index in [9.17, 15) is 0 Å². The SMILES string of the molecule is COc1cc(C=Nn2c(-c3ccccc3)n[nH]c2=S)cc(Cl)c1OCc1ccccc1Cl. The van der Waals surface area contributed by atoms with Gasteiger partial charge in [0, 0.05) is 16.1 Å². The van der Waals surface area contributed by atoms with E-state index in [4.69, 9.17) is 44.9 Å². The van der Waals surface area contributed by atoms with Crippen molar-refractivity contribution < 1.29 is 9.47 Å². The molecule has 162 valence electrons. The third-order valence-electron chi connectivity index (χ3n) is 4.59. The van der Waals surface area contributed by atoms with Gasteiger partial charge >= 0.3 is 0 Å². The number of nitrogens with zero attached hydrogens (tertiary/aromatic N) is 3. The Morgan fingerprint density at radius 1 is 1.06 bits per heavy atom. The Morgan fingerprint density at radius 2 is 1.81 bits per heavy atom. The largest absolute Gasteiger partial charge is 0.493 e. The molecule has 0 amide bonds. The van der Waals surface area contributed by atoms with Gasteiger partial charge in [-0.2, -0.15) is 14.9 Å². The van der Waals surface area contributed by atoms with E-state index in [-0.39, 0.29) is 6.61 Å². The number of aromatic nitrogens is 3. The maximum atomic E-state index is 6.49. The van der Waals surface area contributed by atoms with Gasteiger partial charge in [0.1, 0.15) is 6.61 Å². The van der Waals surface area contributed by atoms with E-state index in [0.717, 1.165) is 11.1 Å². The van der Waals surface area contributed by atoms with Crippen LogP contribution in [0.5, 0.6) is 11.5 Å². The number of benzene rings is 3. The van der Waals surface area contributed by atoms with Crippen LogP contribution in [-0.4, -0.2) is 28.2 Å². The second kappa shape index (κ2) is 9.99. The summed E-state index contributed by atoms with van der Waals surface area (Å²) < 4.78 is 13.3. The summed E-state index contributed by atoms with van der Waals surface area (Å²) in [5.74, 6) is 1.51. The first-order valence-corrected chi connectivity index (χ1v) is 10.7. The molecule has 4 rings (SSSR count). The second-order valence-electron chi connectivity index (χ2n) is 6.69. The average molecular weight is 485 g/mol. The lowest BCUT2D eigenvalue weighted by Gasteiger charge is -2.14. The van der Waals surface area contributed by atoms with Gasteiger partial charge in [-0.15, -0.1) is 0 Å². The standard InChI is InChI=1S/C23H18Cl2N4O2S/c1-30-20-12-15(11-19(25)21(20)31-14-17-9-5-6-10-18(17)24)13-26-29-22(27-28-23(29)32)16-7-3-2-4-8-16/h2-13H,14H2,1H3,(H,28,32). The van der Waals surface area contributed by atoms with Crippen LogP contribution < -0.4 is 9.47 Å². The minimum Gasteiger partial charge on any atom is -0.493 e. The van der Waals surface area contributed by atoms with Crippen LogP contribution in [0.2, 0.25) is 10.0 Å². The molecular formula is C23H18Cl2N4O2S. The maximum absolute atomic E-state index is 6.49. The van der Waals surface area contributed by atoms with E-state index < -0.39 is 0 Å². The van der Waals surface area contributed by atoms with Crippen molar-refractivity contribution in [1.82, 2.24) is 14.9 Å². The summed E-state index contributed by atoms with van der Waals surface area (Å²) in [5.41, 5.74) is 2.44. The lowest BCUT2D eigenvalue weighted by Crippen LogP contribution is -2.00. The van der Waals surface area contributed by atoms with E-state index in [1.54, 1.807) is 30.1 Å². The van der Waals surface area contributed by atoms with Crippen molar-refractivity contribution in [2.45, 2.75) is 6.61 Å². The summed E-state index contributed by atoms with van der Waals surface area (Å²) in [7, 11) is 1.55. The number of rotatable bonds is 7. The number of hydrogen-bond donors (Lipinski definition) is 1. The number of aromatic amines is 1. The van der Waals surface area contributed by atoms with Crippen molar-refractivity contribution in [3.8, 4) is 22.9 Å². The Balaban J connectivity index is 1.60. The molecule has 0 radical (unpaired) electrons. The van der Waals surface area contributed by atoms with Gasteiger partial charge in [-0.25, -0.2) is 5.10 Å². The molecule has 32 heavy (non-hydrogen) atoms. The first-order valence-electron chi connectivity index (χ1n) is 9.57. The minimum atomic E-state index is 0.258. The number of halogens is 2. The normalized spacial score (nSPS) is 11.1. The van der Waals surface area contributed by atoms with E-state index in [1.165, 1.54) is 0 Å². The average Bonchev–Trinajstić information content (AvgIpc) is 3.18. The van der Waals surface area contributed by atoms with Crippen LogP contribution in [0.1, 0.15) is 11.1 Å². The lowest BCUT2D eigenvalue weighted by atomic mass is 10.2. The van der Waals surface area contributed by atoms with Gasteiger partial charge in [0.15, 0.2) is 17.3 Å². The lowest BCUT2D eigenvalue weighted by molar-refractivity contribution is 0.285. The molecule has 0 aliphatic rings. The van der Waals surface area contributed by atoms with E-state index in [1.807, 2.05) is 54.6 Å². The Morgan fingerprint density at radius 3 is 2.56 bits per heavy atom. The zero-order chi connectivity index (χ0) is 22.5. The number of methoxy groups -OCH3 is 1. The van der Waals surface area contributed by atoms with E-state index in [2.05, 4.69) is 15.3 Å². The third-order valence-corrected chi connectivity index (χ3v) is 5.50. The van der Waals surface area contributed by atoms with Gasteiger partial charge in [-0.3, -0.25) is 0 Å². The molecule has 0 saturated carbocycles. The highest BCUT2D eigenvalue weighted by Crippen LogP contribution is 2.37. The van der Waals surface area contributed by atoms with Crippen LogP contribution >= 0.6 is 35.4 Å². The van der Waals surface area contributed by atoms with Gasteiger partial charge in [0.2, 0.25) is 4.77 Å². The number of H-pyrrole nitrogens is 1.